The molecule has 1 aliphatic heterocycles. The van der Waals surface area contributed by atoms with Crippen LogP contribution < -0.4 is 0 Å². The van der Waals surface area contributed by atoms with Crippen molar-refractivity contribution in [1.29, 1.82) is 0 Å². The summed E-state index contributed by atoms with van der Waals surface area (Å²) in [5.74, 6) is 1.36. The summed E-state index contributed by atoms with van der Waals surface area (Å²) in [5, 5.41) is 4.39. The smallest absolute Gasteiger partial charge is 0.233 e. The fourth-order valence-electron chi connectivity index (χ4n) is 4.31. The van der Waals surface area contributed by atoms with Crippen molar-refractivity contribution in [3.05, 3.63) is 48.3 Å². The molecule has 3 aromatic heterocycles. The third-order valence-corrected chi connectivity index (χ3v) is 5.42. The molecular weight excluding hydrogens is 326 g/mol. The van der Waals surface area contributed by atoms with Gasteiger partial charge in [0.05, 0.1) is 18.1 Å². The molecule has 0 aliphatic carbocycles. The van der Waals surface area contributed by atoms with Gasteiger partial charge in [-0.05, 0) is 45.5 Å². The van der Waals surface area contributed by atoms with Crippen LogP contribution in [0, 0.1) is 5.92 Å². The second-order valence-electron chi connectivity index (χ2n) is 7.51. The summed E-state index contributed by atoms with van der Waals surface area (Å²) in [6, 6.07) is 2.39. The largest absolute Gasteiger partial charge is 0.300 e. The van der Waals surface area contributed by atoms with E-state index in [0.717, 1.165) is 25.4 Å². The van der Waals surface area contributed by atoms with Gasteiger partial charge in [-0.3, -0.25) is 14.0 Å². The van der Waals surface area contributed by atoms with Crippen LogP contribution in [0.5, 0.6) is 0 Å². The molecule has 138 valence electrons. The lowest BCUT2D eigenvalue weighted by Crippen LogP contribution is -2.40. The van der Waals surface area contributed by atoms with E-state index in [-0.39, 0.29) is 0 Å². The van der Waals surface area contributed by atoms with Gasteiger partial charge in [-0.15, -0.1) is 0 Å². The molecule has 0 unspecified atom stereocenters. The third-order valence-electron chi connectivity index (χ3n) is 5.42. The Balaban J connectivity index is 1.49. The van der Waals surface area contributed by atoms with Crippen molar-refractivity contribution in [2.75, 3.05) is 27.2 Å². The highest BCUT2D eigenvalue weighted by molar-refractivity contribution is 5.30. The third kappa shape index (κ3) is 3.37. The number of nitrogens with zero attached hydrogens (tertiary/aromatic N) is 7. The summed E-state index contributed by atoms with van der Waals surface area (Å²) in [7, 11) is 6.43. The minimum absolute atomic E-state index is 0.434. The number of piperidine rings is 1. The lowest BCUT2D eigenvalue weighted by atomic mass is 9.85. The van der Waals surface area contributed by atoms with Crippen LogP contribution in [0.25, 0.3) is 5.78 Å². The molecule has 0 bridgehead atoms. The zero-order valence-electron chi connectivity index (χ0n) is 15.8. The molecule has 3 aromatic rings. The van der Waals surface area contributed by atoms with Crippen molar-refractivity contribution in [3.63, 3.8) is 0 Å². The zero-order chi connectivity index (χ0) is 18.1. The first-order valence-corrected chi connectivity index (χ1v) is 9.26. The number of rotatable bonds is 5. The molecule has 1 fully saturated rings. The molecule has 1 aliphatic rings. The van der Waals surface area contributed by atoms with Gasteiger partial charge in [0.2, 0.25) is 5.78 Å². The minimum atomic E-state index is 0.434. The Morgan fingerprint density at radius 2 is 2.12 bits per heavy atom. The van der Waals surface area contributed by atoms with Gasteiger partial charge in [-0.2, -0.15) is 5.10 Å². The summed E-state index contributed by atoms with van der Waals surface area (Å²) in [6.45, 7) is 3.07. The van der Waals surface area contributed by atoms with Crippen LogP contribution in [-0.4, -0.2) is 61.1 Å². The van der Waals surface area contributed by atoms with Crippen LogP contribution in [0.1, 0.15) is 30.1 Å². The van der Waals surface area contributed by atoms with Gasteiger partial charge in [0.25, 0.3) is 0 Å². The van der Waals surface area contributed by atoms with Crippen LogP contribution >= 0.6 is 0 Å². The average molecular weight is 353 g/mol. The maximum atomic E-state index is 4.40. The van der Waals surface area contributed by atoms with Gasteiger partial charge in [0.15, 0.2) is 0 Å². The molecule has 0 saturated carbocycles. The Morgan fingerprint density at radius 1 is 1.23 bits per heavy atom. The van der Waals surface area contributed by atoms with Gasteiger partial charge in [0, 0.05) is 50.3 Å². The maximum absolute atomic E-state index is 4.40. The predicted octanol–water partition coefficient (Wildman–Crippen LogP) is 1.98. The number of hydrogen-bond acceptors (Lipinski definition) is 5. The van der Waals surface area contributed by atoms with E-state index < -0.39 is 0 Å². The van der Waals surface area contributed by atoms with Crippen molar-refractivity contribution < 1.29 is 0 Å². The normalized spacial score (nSPS) is 21.7. The molecule has 7 heteroatoms. The van der Waals surface area contributed by atoms with E-state index in [4.69, 9.17) is 0 Å². The highest BCUT2D eigenvalue weighted by atomic mass is 15.3. The second kappa shape index (κ2) is 7.17. The van der Waals surface area contributed by atoms with Gasteiger partial charge in [-0.25, -0.2) is 9.97 Å². The lowest BCUT2D eigenvalue weighted by molar-refractivity contribution is 0.0922. The summed E-state index contributed by atoms with van der Waals surface area (Å²) in [5.41, 5.74) is 2.50. The van der Waals surface area contributed by atoms with Crippen molar-refractivity contribution in [2.45, 2.75) is 25.4 Å². The van der Waals surface area contributed by atoms with E-state index in [1.54, 1.807) is 6.20 Å². The van der Waals surface area contributed by atoms with E-state index >= 15 is 0 Å². The van der Waals surface area contributed by atoms with Gasteiger partial charge < -0.3 is 4.90 Å². The topological polar surface area (TPSA) is 54.5 Å². The van der Waals surface area contributed by atoms with E-state index in [0.29, 0.717) is 12.0 Å². The minimum Gasteiger partial charge on any atom is -0.300 e. The van der Waals surface area contributed by atoms with Crippen LogP contribution in [0.3, 0.4) is 0 Å². The first kappa shape index (κ1) is 17.2. The quantitative estimate of drug-likeness (QED) is 0.702. The summed E-state index contributed by atoms with van der Waals surface area (Å²) in [4.78, 5) is 13.6. The van der Waals surface area contributed by atoms with Crippen molar-refractivity contribution in [2.24, 2.45) is 13.0 Å². The van der Waals surface area contributed by atoms with E-state index in [1.807, 2.05) is 36.4 Å². The zero-order valence-corrected chi connectivity index (χ0v) is 15.8. The molecule has 1 saturated heterocycles. The second-order valence-corrected chi connectivity index (χ2v) is 7.51. The highest BCUT2D eigenvalue weighted by Gasteiger charge is 2.32. The summed E-state index contributed by atoms with van der Waals surface area (Å²) >= 11 is 0. The molecule has 26 heavy (non-hydrogen) atoms. The summed E-state index contributed by atoms with van der Waals surface area (Å²) in [6.07, 6.45) is 12.4. The van der Waals surface area contributed by atoms with E-state index in [9.17, 15) is 0 Å². The number of aromatic nitrogens is 5. The van der Waals surface area contributed by atoms with Crippen molar-refractivity contribution >= 4 is 5.78 Å². The Labute approximate surface area is 154 Å². The fraction of sp³-hybridized carbons (Fsp3) is 0.526. The Morgan fingerprint density at radius 3 is 2.92 bits per heavy atom. The molecule has 2 atom stereocenters. The molecule has 0 aromatic carbocycles. The molecule has 4 rings (SSSR count). The highest BCUT2D eigenvalue weighted by Crippen LogP contribution is 2.35. The van der Waals surface area contributed by atoms with Crippen molar-refractivity contribution in [3.8, 4) is 0 Å². The Kier molecular flexibility index (Phi) is 4.74. The first-order chi connectivity index (χ1) is 12.6. The van der Waals surface area contributed by atoms with Crippen molar-refractivity contribution in [1.82, 2.24) is 33.9 Å². The molecule has 0 amide bonds. The van der Waals surface area contributed by atoms with Crippen LogP contribution in [0.2, 0.25) is 0 Å². The van der Waals surface area contributed by atoms with Crippen LogP contribution in [0.15, 0.2) is 37.1 Å². The number of fused-ring (bicyclic) bond motifs is 1. The number of aryl methyl sites for hydroxylation is 1. The number of imidazole rings is 1. The van der Waals surface area contributed by atoms with E-state index in [2.05, 4.69) is 49.6 Å². The molecular formula is C19H27N7. The lowest BCUT2D eigenvalue weighted by Gasteiger charge is -2.40. The molecule has 0 spiro atoms. The fourth-order valence-corrected chi connectivity index (χ4v) is 4.31. The van der Waals surface area contributed by atoms with Gasteiger partial charge in [0.1, 0.15) is 0 Å². The Hall–Kier alpha value is -2.25. The van der Waals surface area contributed by atoms with E-state index in [1.165, 1.54) is 24.1 Å². The molecule has 4 heterocycles. The van der Waals surface area contributed by atoms with Gasteiger partial charge in [-0.1, -0.05) is 0 Å². The standard InChI is InChI=1S/C19H27N7/c1-23(14-17-11-21-19-20-7-5-9-26(17)19)12-15-6-4-8-24(2)18(15)16-10-22-25(3)13-16/h5,7,9-11,13,15,18H,4,6,8,12,14H2,1-3H3/t15-,18+/m0/s1. The predicted molar refractivity (Wildman–Crippen MR) is 101 cm³/mol. The maximum Gasteiger partial charge on any atom is 0.233 e. The SMILES string of the molecule is CN(Cc1cnc2ncccn12)C[C@@H]1CCCN(C)[C@H]1c1cnn(C)c1. The Bertz CT molecular complexity index is 868. The average Bonchev–Trinajstić information content (AvgIpc) is 3.22. The van der Waals surface area contributed by atoms with Crippen LogP contribution in [0.4, 0.5) is 0 Å². The van der Waals surface area contributed by atoms with Crippen LogP contribution in [-0.2, 0) is 13.6 Å². The molecule has 7 nitrogen and oxygen atoms in total. The first-order valence-electron chi connectivity index (χ1n) is 9.26. The molecule has 0 N–H and O–H groups in total. The van der Waals surface area contributed by atoms with Gasteiger partial charge >= 0.3 is 0 Å². The summed E-state index contributed by atoms with van der Waals surface area (Å²) < 4.78 is 3.98. The molecule has 0 radical (unpaired) electrons. The number of hydrogen-bond donors (Lipinski definition) is 0. The number of likely N-dealkylation sites (tertiary alicyclic amines) is 1. The monoisotopic (exact) mass is 353 g/mol.